The number of fused-ring (bicyclic) bond motifs is 1. The number of ether oxygens (including phenoxy) is 1. The van der Waals surface area contributed by atoms with Gasteiger partial charge in [-0.05, 0) is 66.8 Å². The number of para-hydroxylation sites is 2. The number of benzene rings is 3. The monoisotopic (exact) mass is 489 g/mol. The number of aromatic nitrogens is 2. The number of hydrogen-bond acceptors (Lipinski definition) is 3. The summed E-state index contributed by atoms with van der Waals surface area (Å²) in [7, 11) is 0. The molecule has 1 unspecified atom stereocenters. The molecule has 1 aromatic heterocycles. The van der Waals surface area contributed by atoms with Crippen LogP contribution < -0.4 is 10.1 Å². The van der Waals surface area contributed by atoms with Gasteiger partial charge in [0.05, 0.1) is 17.6 Å². The van der Waals surface area contributed by atoms with Crippen LogP contribution >= 0.6 is 11.6 Å². The first kappa shape index (κ1) is 24.8. The Kier molecular flexibility index (Phi) is 8.43. The van der Waals surface area contributed by atoms with Gasteiger partial charge in [-0.2, -0.15) is 0 Å². The van der Waals surface area contributed by atoms with Gasteiger partial charge in [0.1, 0.15) is 11.6 Å². The van der Waals surface area contributed by atoms with Gasteiger partial charge < -0.3 is 14.6 Å². The van der Waals surface area contributed by atoms with Gasteiger partial charge in [-0.1, -0.05) is 55.8 Å². The SMILES string of the molecule is CCC(C)c1ccc(OCCCn2c(CCNC(=O)c3cccc(Cl)c3)nc3ccccc32)cc1. The maximum Gasteiger partial charge on any atom is 0.251 e. The average molecular weight is 490 g/mol. The Hall–Kier alpha value is -3.31. The van der Waals surface area contributed by atoms with E-state index in [1.807, 2.05) is 18.2 Å². The quantitative estimate of drug-likeness (QED) is 0.240. The fraction of sp³-hybridized carbons (Fsp3) is 0.310. The molecule has 0 saturated heterocycles. The third kappa shape index (κ3) is 6.43. The van der Waals surface area contributed by atoms with Crippen molar-refractivity contribution in [1.29, 1.82) is 0 Å². The third-order valence-corrected chi connectivity index (χ3v) is 6.55. The molecule has 0 aliphatic heterocycles. The highest BCUT2D eigenvalue weighted by Gasteiger charge is 2.12. The molecule has 6 heteroatoms. The summed E-state index contributed by atoms with van der Waals surface area (Å²) < 4.78 is 8.23. The van der Waals surface area contributed by atoms with Crippen molar-refractivity contribution in [3.8, 4) is 5.75 Å². The minimum Gasteiger partial charge on any atom is -0.494 e. The second-order valence-corrected chi connectivity index (χ2v) is 9.20. The van der Waals surface area contributed by atoms with Gasteiger partial charge in [0.15, 0.2) is 0 Å². The first-order valence-electron chi connectivity index (χ1n) is 12.3. The Morgan fingerprint density at radius 1 is 1.09 bits per heavy atom. The molecule has 35 heavy (non-hydrogen) atoms. The summed E-state index contributed by atoms with van der Waals surface area (Å²) in [5, 5.41) is 3.53. The van der Waals surface area contributed by atoms with Crippen LogP contribution in [0.4, 0.5) is 0 Å². The van der Waals surface area contributed by atoms with Crippen molar-refractivity contribution in [3.05, 3.63) is 94.8 Å². The second-order valence-electron chi connectivity index (χ2n) is 8.76. The van der Waals surface area contributed by atoms with Gasteiger partial charge in [-0.3, -0.25) is 4.79 Å². The fourth-order valence-corrected chi connectivity index (χ4v) is 4.32. The highest BCUT2D eigenvalue weighted by atomic mass is 35.5. The summed E-state index contributed by atoms with van der Waals surface area (Å²) >= 11 is 6.01. The first-order chi connectivity index (χ1) is 17.0. The summed E-state index contributed by atoms with van der Waals surface area (Å²) in [5.74, 6) is 2.28. The van der Waals surface area contributed by atoms with Crippen LogP contribution in [0.25, 0.3) is 11.0 Å². The van der Waals surface area contributed by atoms with E-state index in [4.69, 9.17) is 21.3 Å². The topological polar surface area (TPSA) is 56.1 Å². The van der Waals surface area contributed by atoms with Crippen molar-refractivity contribution in [2.45, 2.75) is 45.6 Å². The zero-order chi connectivity index (χ0) is 24.6. The molecule has 1 N–H and O–H groups in total. The largest absolute Gasteiger partial charge is 0.494 e. The van der Waals surface area contributed by atoms with Crippen LogP contribution in [0.5, 0.6) is 5.75 Å². The maximum absolute atomic E-state index is 12.5. The molecule has 5 nitrogen and oxygen atoms in total. The van der Waals surface area contributed by atoms with E-state index in [1.54, 1.807) is 24.3 Å². The zero-order valence-electron chi connectivity index (χ0n) is 20.3. The van der Waals surface area contributed by atoms with Gasteiger partial charge >= 0.3 is 0 Å². The van der Waals surface area contributed by atoms with E-state index in [1.165, 1.54) is 5.56 Å². The Bertz CT molecular complexity index is 1270. The Morgan fingerprint density at radius 3 is 2.66 bits per heavy atom. The molecule has 0 spiro atoms. The first-order valence-corrected chi connectivity index (χ1v) is 12.6. The maximum atomic E-state index is 12.5. The van der Waals surface area contributed by atoms with Crippen LogP contribution in [0.3, 0.4) is 0 Å². The van der Waals surface area contributed by atoms with E-state index in [9.17, 15) is 4.79 Å². The predicted molar refractivity (Wildman–Crippen MR) is 142 cm³/mol. The van der Waals surface area contributed by atoms with Crippen LogP contribution in [0.15, 0.2) is 72.8 Å². The standard InChI is InChI=1S/C29H32ClN3O2/c1-3-21(2)22-12-14-25(15-13-22)35-19-7-18-33-27-11-5-4-10-26(27)32-28(33)16-17-31-29(34)23-8-6-9-24(30)20-23/h4-6,8-15,20-21H,3,7,16-19H2,1-2H3,(H,31,34). The predicted octanol–water partition coefficient (Wildman–Crippen LogP) is 6.64. The molecule has 182 valence electrons. The molecular weight excluding hydrogens is 458 g/mol. The zero-order valence-corrected chi connectivity index (χ0v) is 21.1. The lowest BCUT2D eigenvalue weighted by molar-refractivity contribution is 0.0954. The molecule has 3 aromatic carbocycles. The molecule has 1 atom stereocenters. The molecule has 4 rings (SSSR count). The van der Waals surface area contributed by atoms with Crippen molar-refractivity contribution in [2.75, 3.05) is 13.2 Å². The molecule has 4 aromatic rings. The number of nitrogens with one attached hydrogen (secondary N) is 1. The van der Waals surface area contributed by atoms with Crippen molar-refractivity contribution in [2.24, 2.45) is 0 Å². The molecule has 1 amide bonds. The van der Waals surface area contributed by atoms with Gasteiger partial charge in [-0.15, -0.1) is 0 Å². The van der Waals surface area contributed by atoms with Crippen molar-refractivity contribution >= 4 is 28.5 Å². The summed E-state index contributed by atoms with van der Waals surface area (Å²) in [6, 6.07) is 23.5. The number of halogens is 1. The van der Waals surface area contributed by atoms with Crippen molar-refractivity contribution < 1.29 is 9.53 Å². The summed E-state index contributed by atoms with van der Waals surface area (Å²) in [4.78, 5) is 17.3. The van der Waals surface area contributed by atoms with E-state index >= 15 is 0 Å². The molecular formula is C29H32ClN3O2. The Labute approximate surface area is 212 Å². The number of carbonyl (C=O) groups is 1. The summed E-state index contributed by atoms with van der Waals surface area (Å²) in [6.45, 7) is 6.36. The Balaban J connectivity index is 1.34. The van der Waals surface area contributed by atoms with Crippen molar-refractivity contribution in [3.63, 3.8) is 0 Å². The van der Waals surface area contributed by atoms with E-state index in [0.29, 0.717) is 36.1 Å². The minimum absolute atomic E-state index is 0.136. The second kappa shape index (κ2) is 11.9. The van der Waals surface area contributed by atoms with Crippen LogP contribution in [0.1, 0.15) is 54.4 Å². The molecule has 0 fully saturated rings. The summed E-state index contributed by atoms with van der Waals surface area (Å²) in [6.07, 6.45) is 2.62. The molecule has 0 aliphatic carbocycles. The van der Waals surface area contributed by atoms with E-state index in [0.717, 1.165) is 42.0 Å². The van der Waals surface area contributed by atoms with Crippen molar-refractivity contribution in [1.82, 2.24) is 14.9 Å². The summed E-state index contributed by atoms with van der Waals surface area (Å²) in [5.41, 5.74) is 3.96. The number of amides is 1. The van der Waals surface area contributed by atoms with E-state index in [-0.39, 0.29) is 5.91 Å². The molecule has 0 aliphatic rings. The van der Waals surface area contributed by atoms with E-state index < -0.39 is 0 Å². The molecule has 1 heterocycles. The molecule has 0 bridgehead atoms. The molecule has 0 saturated carbocycles. The number of aryl methyl sites for hydroxylation is 1. The lowest BCUT2D eigenvalue weighted by atomic mass is 9.99. The minimum atomic E-state index is -0.136. The number of nitrogens with zero attached hydrogens (tertiary/aromatic N) is 2. The highest BCUT2D eigenvalue weighted by molar-refractivity contribution is 6.30. The van der Waals surface area contributed by atoms with Crippen LogP contribution in [-0.2, 0) is 13.0 Å². The number of rotatable bonds is 11. The lowest BCUT2D eigenvalue weighted by Crippen LogP contribution is -2.26. The van der Waals surface area contributed by atoms with Gasteiger partial charge in [0.25, 0.3) is 5.91 Å². The van der Waals surface area contributed by atoms with Crippen LogP contribution in [-0.4, -0.2) is 28.6 Å². The van der Waals surface area contributed by atoms with Crippen LogP contribution in [0.2, 0.25) is 5.02 Å². The van der Waals surface area contributed by atoms with Gasteiger partial charge in [0, 0.05) is 30.1 Å². The normalized spacial score (nSPS) is 12.0. The number of imidazole rings is 1. The highest BCUT2D eigenvalue weighted by Crippen LogP contribution is 2.22. The smallest absolute Gasteiger partial charge is 0.251 e. The number of hydrogen-bond donors (Lipinski definition) is 1. The third-order valence-electron chi connectivity index (χ3n) is 6.31. The molecule has 0 radical (unpaired) electrons. The fourth-order valence-electron chi connectivity index (χ4n) is 4.13. The lowest BCUT2D eigenvalue weighted by Gasteiger charge is -2.12. The average Bonchev–Trinajstić information content (AvgIpc) is 3.23. The van der Waals surface area contributed by atoms with Gasteiger partial charge in [0.2, 0.25) is 0 Å². The Morgan fingerprint density at radius 2 is 1.89 bits per heavy atom. The van der Waals surface area contributed by atoms with Gasteiger partial charge in [-0.25, -0.2) is 4.98 Å². The number of carbonyl (C=O) groups excluding carboxylic acids is 1. The van der Waals surface area contributed by atoms with Crippen LogP contribution in [0, 0.1) is 0 Å². The van der Waals surface area contributed by atoms with E-state index in [2.05, 4.69) is 54.1 Å².